The number of hydrogen-bond donors (Lipinski definition) is 2. The minimum absolute atomic E-state index is 0.161. The van der Waals surface area contributed by atoms with Gasteiger partial charge in [-0.2, -0.15) is 0 Å². The summed E-state index contributed by atoms with van der Waals surface area (Å²) in [5.74, 6) is 0.800. The quantitative estimate of drug-likeness (QED) is 0.481. The molecule has 166 valence electrons. The second-order valence-electron chi connectivity index (χ2n) is 6.68. The highest BCUT2D eigenvalue weighted by Gasteiger charge is 2.17. The van der Waals surface area contributed by atoms with Crippen LogP contribution < -0.4 is 24.8 Å². The molecule has 7 heteroatoms. The predicted molar refractivity (Wildman–Crippen MR) is 124 cm³/mol. The molecular weight excluding hydrogens is 408 g/mol. The van der Waals surface area contributed by atoms with E-state index in [1.165, 1.54) is 0 Å². The van der Waals surface area contributed by atoms with Gasteiger partial charge in [-0.1, -0.05) is 36.4 Å². The number of hydrogen-bond acceptors (Lipinski definition) is 5. The lowest BCUT2D eigenvalue weighted by Gasteiger charge is -2.18. The maximum Gasteiger partial charge on any atom is 0.262 e. The van der Waals surface area contributed by atoms with Gasteiger partial charge in [0.05, 0.1) is 24.6 Å². The van der Waals surface area contributed by atoms with Crippen LogP contribution in [0, 0.1) is 0 Å². The van der Waals surface area contributed by atoms with Gasteiger partial charge in [-0.3, -0.25) is 9.59 Å². The summed E-state index contributed by atoms with van der Waals surface area (Å²) in [6, 6.07) is 21.2. The third kappa shape index (κ3) is 6.25. The van der Waals surface area contributed by atoms with Gasteiger partial charge >= 0.3 is 0 Å². The van der Waals surface area contributed by atoms with Gasteiger partial charge in [-0.15, -0.1) is 0 Å². The Bertz CT molecular complexity index is 1040. The number of carbonyl (C=O) groups excluding carboxylic acids is 2. The van der Waals surface area contributed by atoms with Crippen molar-refractivity contribution in [3.63, 3.8) is 0 Å². The van der Waals surface area contributed by atoms with Crippen molar-refractivity contribution in [2.24, 2.45) is 0 Å². The van der Waals surface area contributed by atoms with Crippen molar-refractivity contribution < 1.29 is 23.8 Å². The Labute approximate surface area is 187 Å². The van der Waals surface area contributed by atoms with E-state index in [0.29, 0.717) is 47.4 Å². The first-order chi connectivity index (χ1) is 15.6. The number of benzene rings is 3. The van der Waals surface area contributed by atoms with E-state index in [2.05, 4.69) is 10.6 Å². The lowest BCUT2D eigenvalue weighted by Crippen LogP contribution is -2.21. The molecule has 0 radical (unpaired) electrons. The average Bonchev–Trinajstić information content (AvgIpc) is 2.82. The summed E-state index contributed by atoms with van der Waals surface area (Å²) in [7, 11) is 0. The molecule has 0 aromatic heterocycles. The molecule has 0 saturated carbocycles. The van der Waals surface area contributed by atoms with Crippen molar-refractivity contribution in [2.45, 2.75) is 13.8 Å². The van der Waals surface area contributed by atoms with Crippen LogP contribution in [0.5, 0.6) is 17.2 Å². The van der Waals surface area contributed by atoms with Crippen LogP contribution in [-0.4, -0.2) is 31.6 Å². The first kappa shape index (κ1) is 22.7. The van der Waals surface area contributed by atoms with E-state index < -0.39 is 0 Å². The van der Waals surface area contributed by atoms with E-state index >= 15 is 0 Å². The highest BCUT2D eigenvalue weighted by atomic mass is 16.5. The van der Waals surface area contributed by atoms with Crippen molar-refractivity contribution in [3.8, 4) is 17.2 Å². The highest BCUT2D eigenvalue weighted by Crippen LogP contribution is 2.37. The Morgan fingerprint density at radius 1 is 0.719 bits per heavy atom. The molecule has 0 spiro atoms. The third-order valence-electron chi connectivity index (χ3n) is 4.35. The summed E-state index contributed by atoms with van der Waals surface area (Å²) in [6.45, 7) is 4.27. The summed E-state index contributed by atoms with van der Waals surface area (Å²) in [5, 5.41) is 5.65. The molecule has 3 rings (SSSR count). The normalized spacial score (nSPS) is 10.2. The Kier molecular flexibility index (Phi) is 8.09. The number of nitrogens with one attached hydrogen (secondary N) is 2. The van der Waals surface area contributed by atoms with Gasteiger partial charge in [-0.05, 0) is 38.1 Å². The van der Waals surface area contributed by atoms with Crippen molar-refractivity contribution in [2.75, 3.05) is 30.5 Å². The fraction of sp³-hybridized carbons (Fsp3) is 0.200. The predicted octanol–water partition coefficient (Wildman–Crippen LogP) is 4.75. The number of carbonyl (C=O) groups is 2. The smallest absolute Gasteiger partial charge is 0.262 e. The fourth-order valence-electron chi connectivity index (χ4n) is 2.94. The zero-order chi connectivity index (χ0) is 22.8. The molecule has 7 nitrogen and oxygen atoms in total. The van der Waals surface area contributed by atoms with Gasteiger partial charge in [0, 0.05) is 17.7 Å². The van der Waals surface area contributed by atoms with Crippen molar-refractivity contribution in [3.05, 3.63) is 78.4 Å². The molecular formula is C25H26N2O5. The van der Waals surface area contributed by atoms with Gasteiger partial charge in [0.25, 0.3) is 11.8 Å². The van der Waals surface area contributed by atoms with Crippen LogP contribution in [0.2, 0.25) is 0 Å². The molecule has 0 saturated heterocycles. The molecule has 3 aromatic carbocycles. The molecule has 2 amide bonds. The largest absolute Gasteiger partial charge is 0.492 e. The maximum atomic E-state index is 12.6. The number of amides is 2. The van der Waals surface area contributed by atoms with Crippen LogP contribution in [0.25, 0.3) is 0 Å². The standard InChI is InChI=1S/C25H26N2O5/c1-3-30-22-16-21(27-25(29)18-11-7-5-8-12-18)23(31-4-2)15-20(22)26-24(28)17-32-19-13-9-6-10-14-19/h5-16H,3-4,17H2,1-2H3,(H,26,28)(H,27,29). The fourth-order valence-corrected chi connectivity index (χ4v) is 2.94. The Hall–Kier alpha value is -4.00. The van der Waals surface area contributed by atoms with E-state index in [1.54, 1.807) is 48.5 Å². The van der Waals surface area contributed by atoms with Crippen LogP contribution >= 0.6 is 0 Å². The molecule has 3 aromatic rings. The van der Waals surface area contributed by atoms with Gasteiger partial charge in [0.15, 0.2) is 6.61 Å². The van der Waals surface area contributed by atoms with E-state index in [1.807, 2.05) is 38.1 Å². The molecule has 0 fully saturated rings. The van der Waals surface area contributed by atoms with Crippen LogP contribution in [0.3, 0.4) is 0 Å². The van der Waals surface area contributed by atoms with Gasteiger partial charge in [-0.25, -0.2) is 0 Å². The number of rotatable bonds is 10. The summed E-state index contributed by atoms with van der Waals surface area (Å²) < 4.78 is 16.9. The second kappa shape index (κ2) is 11.4. The van der Waals surface area contributed by atoms with E-state index in [-0.39, 0.29) is 18.4 Å². The zero-order valence-electron chi connectivity index (χ0n) is 18.1. The Morgan fingerprint density at radius 2 is 1.25 bits per heavy atom. The van der Waals surface area contributed by atoms with Gasteiger partial charge in [0.2, 0.25) is 0 Å². The number of para-hydroxylation sites is 1. The monoisotopic (exact) mass is 434 g/mol. The second-order valence-corrected chi connectivity index (χ2v) is 6.68. The minimum Gasteiger partial charge on any atom is -0.492 e. The van der Waals surface area contributed by atoms with Crippen molar-refractivity contribution in [1.82, 2.24) is 0 Å². The molecule has 0 aliphatic rings. The summed E-state index contributed by atoms with van der Waals surface area (Å²) in [6.07, 6.45) is 0. The lowest BCUT2D eigenvalue weighted by atomic mass is 10.2. The molecule has 32 heavy (non-hydrogen) atoms. The molecule has 0 bridgehead atoms. The Balaban J connectivity index is 1.80. The van der Waals surface area contributed by atoms with E-state index in [4.69, 9.17) is 14.2 Å². The SMILES string of the molecule is CCOc1cc(NC(=O)c2ccccc2)c(OCC)cc1NC(=O)COc1ccccc1. The van der Waals surface area contributed by atoms with Gasteiger partial charge in [0.1, 0.15) is 17.2 Å². The zero-order valence-corrected chi connectivity index (χ0v) is 18.1. The number of ether oxygens (including phenoxy) is 3. The molecule has 0 heterocycles. The van der Waals surface area contributed by atoms with Crippen LogP contribution in [-0.2, 0) is 4.79 Å². The molecule has 0 atom stereocenters. The minimum atomic E-state index is -0.349. The van der Waals surface area contributed by atoms with Crippen LogP contribution in [0.4, 0.5) is 11.4 Å². The van der Waals surface area contributed by atoms with Crippen molar-refractivity contribution >= 4 is 23.2 Å². The first-order valence-electron chi connectivity index (χ1n) is 10.4. The topological polar surface area (TPSA) is 85.9 Å². The summed E-state index contributed by atoms with van der Waals surface area (Å²) in [5.41, 5.74) is 1.39. The molecule has 0 aliphatic heterocycles. The lowest BCUT2D eigenvalue weighted by molar-refractivity contribution is -0.118. The average molecular weight is 434 g/mol. The molecule has 0 unspecified atom stereocenters. The highest BCUT2D eigenvalue weighted by molar-refractivity contribution is 6.05. The first-order valence-corrected chi connectivity index (χ1v) is 10.4. The van der Waals surface area contributed by atoms with Gasteiger partial charge < -0.3 is 24.8 Å². The van der Waals surface area contributed by atoms with Crippen LogP contribution in [0.15, 0.2) is 72.8 Å². The van der Waals surface area contributed by atoms with Crippen LogP contribution in [0.1, 0.15) is 24.2 Å². The third-order valence-corrected chi connectivity index (χ3v) is 4.35. The summed E-state index contributed by atoms with van der Waals surface area (Å²) in [4.78, 5) is 25.1. The number of anilines is 2. The van der Waals surface area contributed by atoms with E-state index in [0.717, 1.165) is 0 Å². The maximum absolute atomic E-state index is 12.6. The Morgan fingerprint density at radius 3 is 1.81 bits per heavy atom. The summed E-state index contributed by atoms with van der Waals surface area (Å²) >= 11 is 0. The van der Waals surface area contributed by atoms with Crippen molar-refractivity contribution in [1.29, 1.82) is 0 Å². The van der Waals surface area contributed by atoms with E-state index in [9.17, 15) is 9.59 Å². The molecule has 2 N–H and O–H groups in total. The molecule has 0 aliphatic carbocycles.